The second kappa shape index (κ2) is 9.96. The van der Waals surface area contributed by atoms with Crippen LogP contribution in [0.5, 0.6) is 0 Å². The van der Waals surface area contributed by atoms with Crippen LogP contribution in [0.4, 0.5) is 0 Å². The first-order valence-electron chi connectivity index (χ1n) is 14.1. The molecule has 44 heavy (non-hydrogen) atoms. The molecule has 0 bridgehead atoms. The van der Waals surface area contributed by atoms with Gasteiger partial charge >= 0.3 is 0 Å². The molecule has 8 nitrogen and oxygen atoms in total. The number of nitrogens with zero attached hydrogens (tertiary/aromatic N) is 4. The molecule has 0 unspecified atom stereocenters. The third-order valence-corrected chi connectivity index (χ3v) is 8.98. The molecule has 1 aliphatic heterocycles. The third-order valence-electron chi connectivity index (χ3n) is 7.98. The number of thiazole rings is 1. The number of rotatable bonds is 5. The summed E-state index contributed by atoms with van der Waals surface area (Å²) in [5, 5.41) is 5.47. The van der Waals surface area contributed by atoms with Gasteiger partial charge < -0.3 is 4.98 Å². The molecule has 0 spiro atoms. The van der Waals surface area contributed by atoms with Gasteiger partial charge in [-0.3, -0.25) is 19.3 Å². The van der Waals surface area contributed by atoms with Crippen LogP contribution >= 0.6 is 11.3 Å². The van der Waals surface area contributed by atoms with Crippen molar-refractivity contribution in [3.8, 4) is 33.5 Å². The zero-order valence-electron chi connectivity index (χ0n) is 23.4. The van der Waals surface area contributed by atoms with Crippen molar-refractivity contribution in [1.82, 2.24) is 24.5 Å². The van der Waals surface area contributed by atoms with Crippen LogP contribution in [0, 0.1) is 6.92 Å². The Morgan fingerprint density at radius 1 is 0.727 bits per heavy atom. The minimum atomic E-state index is -0.315. The molecule has 3 aromatic heterocycles. The lowest BCUT2D eigenvalue weighted by molar-refractivity contribution is 0.0642. The molecule has 0 fully saturated rings. The summed E-state index contributed by atoms with van der Waals surface area (Å²) in [5.74, 6) is -0.630. The second-order valence-electron chi connectivity index (χ2n) is 10.7. The fraction of sp³-hybridized carbons (Fsp3) is 0.0571. The van der Waals surface area contributed by atoms with Crippen molar-refractivity contribution in [2.24, 2.45) is 0 Å². The molecular formula is C35H23N5O3S. The molecule has 0 aliphatic carbocycles. The third kappa shape index (κ3) is 4.01. The summed E-state index contributed by atoms with van der Waals surface area (Å²) in [6.45, 7) is 1.98. The maximum Gasteiger partial charge on any atom is 0.282 e. The van der Waals surface area contributed by atoms with Crippen LogP contribution in [0.3, 0.4) is 0 Å². The van der Waals surface area contributed by atoms with E-state index in [4.69, 9.17) is 5.10 Å². The summed E-state index contributed by atoms with van der Waals surface area (Å²) in [6.07, 6.45) is 0. The summed E-state index contributed by atoms with van der Waals surface area (Å²) in [4.78, 5) is 49.3. The van der Waals surface area contributed by atoms with Crippen LogP contribution in [0.1, 0.15) is 31.4 Å². The molecule has 4 aromatic carbocycles. The van der Waals surface area contributed by atoms with E-state index in [1.165, 1.54) is 20.8 Å². The second-order valence-corrected chi connectivity index (χ2v) is 11.8. The Bertz CT molecular complexity index is 2300. The van der Waals surface area contributed by atoms with Crippen molar-refractivity contribution in [2.75, 3.05) is 0 Å². The summed E-state index contributed by atoms with van der Waals surface area (Å²) in [5.41, 5.74) is 7.37. The van der Waals surface area contributed by atoms with Gasteiger partial charge in [0.05, 0.1) is 39.0 Å². The van der Waals surface area contributed by atoms with Gasteiger partial charge in [0.25, 0.3) is 17.4 Å². The number of aryl methyl sites for hydroxylation is 1. The molecule has 9 heteroatoms. The predicted molar refractivity (Wildman–Crippen MR) is 171 cm³/mol. The number of imide groups is 1. The van der Waals surface area contributed by atoms with Gasteiger partial charge in [-0.25, -0.2) is 4.98 Å². The smallest absolute Gasteiger partial charge is 0.282 e. The van der Waals surface area contributed by atoms with Gasteiger partial charge in [0.1, 0.15) is 16.3 Å². The standard InChI is InChI=1S/C35H23N5O3S/c1-20-29(35(43)40-32(36-20)30(21-10-4-2-5-11-21)31(38-40)22-12-6-3-7-13-22)23-16-17-26-27(18-23)44-28(37-26)19-39-33(41)24-14-8-9-15-25(24)34(39)42/h2-18,36H,19H2,1H3. The molecule has 0 saturated heterocycles. The van der Waals surface area contributed by atoms with Gasteiger partial charge in [-0.1, -0.05) is 78.9 Å². The monoisotopic (exact) mass is 593 g/mol. The van der Waals surface area contributed by atoms with Gasteiger partial charge in [0, 0.05) is 11.3 Å². The first kappa shape index (κ1) is 26.0. The largest absolute Gasteiger partial charge is 0.343 e. The maximum absolute atomic E-state index is 14.1. The molecule has 1 aliphatic rings. The predicted octanol–water partition coefficient (Wildman–Crippen LogP) is 6.74. The highest BCUT2D eigenvalue weighted by Gasteiger charge is 2.35. The first-order chi connectivity index (χ1) is 21.5. The minimum Gasteiger partial charge on any atom is -0.343 e. The molecule has 212 valence electrons. The lowest BCUT2D eigenvalue weighted by atomic mass is 10.0. The lowest BCUT2D eigenvalue weighted by Gasteiger charge is -2.11. The Morgan fingerprint density at radius 3 is 2.05 bits per heavy atom. The van der Waals surface area contributed by atoms with Crippen molar-refractivity contribution in [3.05, 3.63) is 135 Å². The van der Waals surface area contributed by atoms with Gasteiger partial charge in [-0.05, 0) is 42.3 Å². The van der Waals surface area contributed by atoms with E-state index in [1.54, 1.807) is 24.3 Å². The molecule has 0 radical (unpaired) electrons. The Balaban J connectivity index is 1.21. The lowest BCUT2D eigenvalue weighted by Crippen LogP contribution is -2.28. The summed E-state index contributed by atoms with van der Waals surface area (Å²) >= 11 is 1.40. The van der Waals surface area contributed by atoms with Crippen molar-refractivity contribution in [3.63, 3.8) is 0 Å². The zero-order chi connectivity index (χ0) is 29.9. The Labute approximate surface area is 254 Å². The number of H-pyrrole nitrogens is 1. The fourth-order valence-corrected chi connectivity index (χ4v) is 6.91. The number of benzene rings is 4. The number of aromatic nitrogens is 4. The number of hydrogen-bond acceptors (Lipinski definition) is 6. The van der Waals surface area contributed by atoms with Crippen LogP contribution in [0.15, 0.2) is 108 Å². The molecule has 8 rings (SSSR count). The van der Waals surface area contributed by atoms with Crippen molar-refractivity contribution < 1.29 is 9.59 Å². The Kier molecular flexibility index (Phi) is 5.88. The maximum atomic E-state index is 14.1. The van der Waals surface area contributed by atoms with E-state index in [-0.39, 0.29) is 23.9 Å². The number of carbonyl (C=O) groups is 2. The molecule has 1 N–H and O–H groups in total. The minimum absolute atomic E-state index is 0.0877. The SMILES string of the molecule is Cc1[nH]c2c(-c3ccccc3)c(-c3ccccc3)nn2c(=O)c1-c1ccc2nc(CN3C(=O)c4ccccc4C3=O)sc2c1. The molecule has 2 amide bonds. The summed E-state index contributed by atoms with van der Waals surface area (Å²) in [6, 6.07) is 32.3. The van der Waals surface area contributed by atoms with Crippen LogP contribution in [0.25, 0.3) is 49.4 Å². The van der Waals surface area contributed by atoms with E-state index in [0.29, 0.717) is 33.0 Å². The first-order valence-corrected chi connectivity index (χ1v) is 14.9. The van der Waals surface area contributed by atoms with Crippen molar-refractivity contribution in [2.45, 2.75) is 13.5 Å². The number of aromatic amines is 1. The van der Waals surface area contributed by atoms with Crippen molar-refractivity contribution >= 4 is 39.0 Å². The topological polar surface area (TPSA) is 100 Å². The quantitative estimate of drug-likeness (QED) is 0.223. The Morgan fingerprint density at radius 2 is 1.36 bits per heavy atom. The van der Waals surface area contributed by atoms with E-state index in [1.807, 2.05) is 85.8 Å². The average Bonchev–Trinajstić information content (AvgIpc) is 3.71. The highest BCUT2D eigenvalue weighted by molar-refractivity contribution is 7.18. The highest BCUT2D eigenvalue weighted by Crippen LogP contribution is 2.35. The zero-order valence-corrected chi connectivity index (χ0v) is 24.3. The van der Waals surface area contributed by atoms with E-state index in [9.17, 15) is 14.4 Å². The van der Waals surface area contributed by atoms with E-state index in [0.717, 1.165) is 38.2 Å². The van der Waals surface area contributed by atoms with E-state index < -0.39 is 0 Å². The van der Waals surface area contributed by atoms with Crippen molar-refractivity contribution in [1.29, 1.82) is 0 Å². The van der Waals surface area contributed by atoms with Gasteiger partial charge in [-0.15, -0.1) is 11.3 Å². The molecular weight excluding hydrogens is 570 g/mol. The summed E-state index contributed by atoms with van der Waals surface area (Å²) < 4.78 is 2.31. The highest BCUT2D eigenvalue weighted by atomic mass is 32.1. The fourth-order valence-electron chi connectivity index (χ4n) is 5.92. The van der Waals surface area contributed by atoms with Gasteiger partial charge in [0.2, 0.25) is 0 Å². The van der Waals surface area contributed by atoms with E-state index in [2.05, 4.69) is 9.97 Å². The molecule has 0 saturated carbocycles. The van der Waals surface area contributed by atoms with Crippen LogP contribution in [0.2, 0.25) is 0 Å². The van der Waals surface area contributed by atoms with Gasteiger partial charge in [0.15, 0.2) is 0 Å². The van der Waals surface area contributed by atoms with Crippen LogP contribution in [-0.4, -0.2) is 36.3 Å². The summed E-state index contributed by atoms with van der Waals surface area (Å²) in [7, 11) is 0. The van der Waals surface area contributed by atoms with Gasteiger partial charge in [-0.2, -0.15) is 9.61 Å². The number of amides is 2. The number of fused-ring (bicyclic) bond motifs is 3. The normalized spacial score (nSPS) is 12.9. The number of nitrogens with one attached hydrogen (secondary N) is 1. The van der Waals surface area contributed by atoms with Crippen LogP contribution < -0.4 is 5.56 Å². The molecule has 0 atom stereocenters. The molecule has 7 aromatic rings. The molecule has 4 heterocycles. The van der Waals surface area contributed by atoms with E-state index >= 15 is 0 Å². The number of carbonyl (C=O) groups excluding carboxylic acids is 2. The Hall–Kier alpha value is -5.67. The van der Waals surface area contributed by atoms with Crippen LogP contribution in [-0.2, 0) is 6.54 Å². The average molecular weight is 594 g/mol. The number of hydrogen-bond donors (Lipinski definition) is 1.